The average Bonchev–Trinajstić information content (AvgIpc) is 3.26. The second kappa shape index (κ2) is 5.78. The molecule has 0 saturated carbocycles. The van der Waals surface area contributed by atoms with Crippen molar-refractivity contribution in [1.29, 1.82) is 5.26 Å². The number of amides is 2. The molecule has 2 fully saturated rings. The van der Waals surface area contributed by atoms with Crippen LogP contribution in [0.3, 0.4) is 0 Å². The van der Waals surface area contributed by atoms with E-state index < -0.39 is 23.5 Å². The van der Waals surface area contributed by atoms with Crippen molar-refractivity contribution in [1.82, 2.24) is 9.80 Å². The molecular formula is C19H21N3O5. The summed E-state index contributed by atoms with van der Waals surface area (Å²) in [5.74, 6) is 1.18. The normalized spacial score (nSPS) is 31.7. The van der Waals surface area contributed by atoms with Gasteiger partial charge in [-0.25, -0.2) is 0 Å². The SMILES string of the molecule is COc1cc(C2N3C(=O)[C@@H](C)N(C)C(=O)[C@@H]3C[C@]2(C)C#N)cc2c1OCO2. The first-order valence-electron chi connectivity index (χ1n) is 8.80. The summed E-state index contributed by atoms with van der Waals surface area (Å²) in [6.07, 6.45) is 0.284. The third-order valence-corrected chi connectivity index (χ3v) is 5.91. The zero-order chi connectivity index (χ0) is 19.5. The highest BCUT2D eigenvalue weighted by atomic mass is 16.7. The molecule has 2 amide bonds. The Kier molecular flexibility index (Phi) is 3.74. The third kappa shape index (κ3) is 2.27. The summed E-state index contributed by atoms with van der Waals surface area (Å²) in [6, 6.07) is 4.07. The topological polar surface area (TPSA) is 92.1 Å². The van der Waals surface area contributed by atoms with E-state index in [9.17, 15) is 14.9 Å². The molecule has 2 saturated heterocycles. The van der Waals surface area contributed by atoms with Gasteiger partial charge in [-0.2, -0.15) is 5.26 Å². The molecular weight excluding hydrogens is 350 g/mol. The van der Waals surface area contributed by atoms with Crippen molar-refractivity contribution in [2.75, 3.05) is 21.0 Å². The van der Waals surface area contributed by atoms with Gasteiger partial charge in [-0.1, -0.05) is 0 Å². The standard InChI is InChI=1S/C19H21N3O5/c1-10-17(23)22-12(18(24)21(10)3)7-19(2,8-20)16(22)11-5-13(25-4)15-14(6-11)26-9-27-15/h5-6,10,12,16H,7,9H2,1-4H3/t10-,12+,16?,19-/m1/s1. The molecule has 8 nitrogen and oxygen atoms in total. The van der Waals surface area contributed by atoms with Crippen LogP contribution in [0, 0.1) is 16.7 Å². The van der Waals surface area contributed by atoms with E-state index in [1.54, 1.807) is 37.9 Å². The Morgan fingerprint density at radius 2 is 2.04 bits per heavy atom. The lowest BCUT2D eigenvalue weighted by Crippen LogP contribution is -2.60. The maximum Gasteiger partial charge on any atom is 0.246 e. The van der Waals surface area contributed by atoms with Crippen molar-refractivity contribution in [3.63, 3.8) is 0 Å². The minimum absolute atomic E-state index is 0.0842. The van der Waals surface area contributed by atoms with Gasteiger partial charge in [0.2, 0.25) is 24.4 Å². The van der Waals surface area contributed by atoms with Crippen LogP contribution in [0.25, 0.3) is 0 Å². The molecule has 1 aromatic carbocycles. The van der Waals surface area contributed by atoms with Gasteiger partial charge in [-0.15, -0.1) is 0 Å². The molecule has 1 aromatic rings. The van der Waals surface area contributed by atoms with Crippen molar-refractivity contribution < 1.29 is 23.8 Å². The van der Waals surface area contributed by atoms with Gasteiger partial charge in [0, 0.05) is 7.05 Å². The second-order valence-corrected chi connectivity index (χ2v) is 7.48. The largest absolute Gasteiger partial charge is 0.493 e. The summed E-state index contributed by atoms with van der Waals surface area (Å²) in [5, 5.41) is 9.93. The van der Waals surface area contributed by atoms with Gasteiger partial charge in [0.05, 0.1) is 24.6 Å². The third-order valence-electron chi connectivity index (χ3n) is 5.91. The lowest BCUT2D eigenvalue weighted by molar-refractivity contribution is -0.159. The van der Waals surface area contributed by atoms with Crippen LogP contribution < -0.4 is 14.2 Å². The van der Waals surface area contributed by atoms with Gasteiger partial charge in [0.15, 0.2) is 11.5 Å². The first-order valence-corrected chi connectivity index (χ1v) is 8.80. The summed E-state index contributed by atoms with van der Waals surface area (Å²) in [6.45, 7) is 3.58. The van der Waals surface area contributed by atoms with E-state index in [0.29, 0.717) is 22.8 Å². The van der Waals surface area contributed by atoms with Gasteiger partial charge < -0.3 is 24.0 Å². The van der Waals surface area contributed by atoms with E-state index in [-0.39, 0.29) is 25.0 Å². The van der Waals surface area contributed by atoms with Gasteiger partial charge in [0.1, 0.15) is 12.1 Å². The number of piperazine rings is 1. The Bertz CT molecular complexity index is 879. The monoisotopic (exact) mass is 371 g/mol. The molecule has 0 aliphatic carbocycles. The highest BCUT2D eigenvalue weighted by Gasteiger charge is 2.59. The Hall–Kier alpha value is -2.95. The van der Waals surface area contributed by atoms with Gasteiger partial charge in [-0.3, -0.25) is 9.59 Å². The number of benzene rings is 1. The maximum atomic E-state index is 13.1. The number of ether oxygens (including phenoxy) is 3. The Labute approximate surface area is 157 Å². The molecule has 3 heterocycles. The van der Waals surface area contributed by atoms with Crippen LogP contribution in [-0.2, 0) is 9.59 Å². The number of likely N-dealkylation sites (N-methyl/N-ethyl adjacent to an activating group) is 1. The molecule has 3 aliphatic rings. The van der Waals surface area contributed by atoms with Crippen LogP contribution in [-0.4, -0.2) is 54.6 Å². The summed E-state index contributed by atoms with van der Waals surface area (Å²) in [7, 11) is 3.15. The number of carbonyl (C=O) groups excluding carboxylic acids is 2. The molecule has 3 aliphatic heterocycles. The fourth-order valence-corrected chi connectivity index (χ4v) is 4.34. The average molecular weight is 371 g/mol. The predicted octanol–water partition coefficient (Wildman–Crippen LogP) is 1.46. The number of fused-ring (bicyclic) bond motifs is 2. The molecule has 0 N–H and O–H groups in total. The number of carbonyl (C=O) groups is 2. The zero-order valence-corrected chi connectivity index (χ0v) is 15.7. The Balaban J connectivity index is 1.87. The van der Waals surface area contributed by atoms with Crippen molar-refractivity contribution in [2.45, 2.75) is 38.4 Å². The van der Waals surface area contributed by atoms with Crippen LogP contribution in [0.1, 0.15) is 31.9 Å². The fraction of sp³-hybridized carbons (Fsp3) is 0.526. The van der Waals surface area contributed by atoms with E-state index in [0.717, 1.165) is 0 Å². The number of methoxy groups -OCH3 is 1. The molecule has 1 unspecified atom stereocenters. The second-order valence-electron chi connectivity index (χ2n) is 7.48. The number of hydrogen-bond acceptors (Lipinski definition) is 6. The van der Waals surface area contributed by atoms with Crippen molar-refractivity contribution >= 4 is 11.8 Å². The van der Waals surface area contributed by atoms with E-state index in [1.807, 2.05) is 0 Å². The number of hydrogen-bond donors (Lipinski definition) is 0. The smallest absolute Gasteiger partial charge is 0.246 e. The first kappa shape index (κ1) is 17.5. The molecule has 142 valence electrons. The Morgan fingerprint density at radius 3 is 2.70 bits per heavy atom. The molecule has 27 heavy (non-hydrogen) atoms. The van der Waals surface area contributed by atoms with Crippen LogP contribution >= 0.6 is 0 Å². The molecule has 0 aromatic heterocycles. The summed E-state index contributed by atoms with van der Waals surface area (Å²) >= 11 is 0. The fourth-order valence-electron chi connectivity index (χ4n) is 4.34. The van der Waals surface area contributed by atoms with E-state index in [1.165, 1.54) is 12.0 Å². The van der Waals surface area contributed by atoms with Gasteiger partial charge >= 0.3 is 0 Å². The van der Waals surface area contributed by atoms with Crippen molar-refractivity contribution in [3.05, 3.63) is 17.7 Å². The van der Waals surface area contributed by atoms with E-state index in [2.05, 4.69) is 6.07 Å². The highest BCUT2D eigenvalue weighted by Crippen LogP contribution is 2.54. The molecule has 8 heteroatoms. The molecule has 4 rings (SSSR count). The molecule has 0 bridgehead atoms. The lowest BCUT2D eigenvalue weighted by Gasteiger charge is -2.42. The highest BCUT2D eigenvalue weighted by molar-refractivity contribution is 5.97. The first-order chi connectivity index (χ1) is 12.8. The number of nitriles is 1. The van der Waals surface area contributed by atoms with Crippen LogP contribution in [0.15, 0.2) is 12.1 Å². The molecule has 0 spiro atoms. The van der Waals surface area contributed by atoms with Crippen molar-refractivity contribution in [2.24, 2.45) is 5.41 Å². The zero-order valence-electron chi connectivity index (χ0n) is 15.7. The molecule has 0 radical (unpaired) electrons. The number of nitrogens with zero attached hydrogens (tertiary/aromatic N) is 3. The van der Waals surface area contributed by atoms with Crippen molar-refractivity contribution in [3.8, 4) is 23.3 Å². The summed E-state index contributed by atoms with van der Waals surface area (Å²) in [5.41, 5.74) is -0.222. The Morgan fingerprint density at radius 1 is 1.30 bits per heavy atom. The van der Waals surface area contributed by atoms with E-state index in [4.69, 9.17) is 14.2 Å². The van der Waals surface area contributed by atoms with Crippen LogP contribution in [0.5, 0.6) is 17.2 Å². The quantitative estimate of drug-likeness (QED) is 0.781. The van der Waals surface area contributed by atoms with Crippen LogP contribution in [0.4, 0.5) is 0 Å². The summed E-state index contributed by atoms with van der Waals surface area (Å²) in [4.78, 5) is 28.9. The number of rotatable bonds is 2. The minimum atomic E-state index is -0.917. The van der Waals surface area contributed by atoms with Crippen LogP contribution in [0.2, 0.25) is 0 Å². The van der Waals surface area contributed by atoms with E-state index >= 15 is 0 Å². The predicted molar refractivity (Wildman–Crippen MR) is 93.1 cm³/mol. The maximum absolute atomic E-state index is 13.1. The summed E-state index contributed by atoms with van der Waals surface area (Å²) < 4.78 is 16.4. The van der Waals surface area contributed by atoms with Gasteiger partial charge in [-0.05, 0) is 38.0 Å². The van der Waals surface area contributed by atoms with Gasteiger partial charge in [0.25, 0.3) is 0 Å². The minimum Gasteiger partial charge on any atom is -0.493 e. The lowest BCUT2D eigenvalue weighted by atomic mass is 9.79. The molecule has 4 atom stereocenters.